The molecular weight excluding hydrogens is 323 g/mol. The largest absolute Gasteiger partial charge is 0.416 e. The van der Waals surface area contributed by atoms with Crippen LogP contribution in [0.15, 0.2) is 42.7 Å². The van der Waals surface area contributed by atoms with Crippen LogP contribution < -0.4 is 0 Å². The number of carbonyl (C=O) groups is 1. The number of hydrogen-bond acceptors (Lipinski definition) is 4. The Kier molecular flexibility index (Phi) is 4.23. The number of carbonyl (C=O) groups excluding carboxylic acids is 1. The minimum absolute atomic E-state index is 0.0576. The number of aliphatic hydroxyl groups is 1. The first-order valence-electron chi connectivity index (χ1n) is 7.29. The van der Waals surface area contributed by atoms with Crippen molar-refractivity contribution < 1.29 is 23.1 Å². The lowest BCUT2D eigenvalue weighted by molar-refractivity contribution is -0.137. The van der Waals surface area contributed by atoms with Gasteiger partial charge in [0.2, 0.25) is 0 Å². The number of halogens is 3. The number of aromatic nitrogens is 2. The summed E-state index contributed by atoms with van der Waals surface area (Å²) in [5, 5.41) is 17.1. The fraction of sp³-hybridized carbons (Fsp3) is 0.312. The molecule has 126 valence electrons. The SMILES string of the molecule is O=C(c1ccnnc1)N1CC(O)CC1c1cccc(C(F)(F)F)c1. The third-order valence-corrected chi connectivity index (χ3v) is 3.97. The van der Waals surface area contributed by atoms with Crippen molar-refractivity contribution in [2.75, 3.05) is 6.54 Å². The highest BCUT2D eigenvalue weighted by molar-refractivity contribution is 5.94. The molecule has 5 nitrogen and oxygen atoms in total. The summed E-state index contributed by atoms with van der Waals surface area (Å²) in [6.45, 7) is 0.0576. The molecule has 1 aliphatic heterocycles. The summed E-state index contributed by atoms with van der Waals surface area (Å²) in [4.78, 5) is 14.0. The monoisotopic (exact) mass is 337 g/mol. The van der Waals surface area contributed by atoms with Crippen LogP contribution in [0.4, 0.5) is 13.2 Å². The molecule has 2 atom stereocenters. The molecule has 1 saturated heterocycles. The Morgan fingerprint density at radius 3 is 2.71 bits per heavy atom. The van der Waals surface area contributed by atoms with Crippen LogP contribution in [-0.4, -0.2) is 38.8 Å². The van der Waals surface area contributed by atoms with Crippen LogP contribution in [0.1, 0.15) is 33.9 Å². The van der Waals surface area contributed by atoms with Gasteiger partial charge >= 0.3 is 6.18 Å². The van der Waals surface area contributed by atoms with Gasteiger partial charge in [-0.25, -0.2) is 0 Å². The molecule has 1 amide bonds. The fourth-order valence-electron chi connectivity index (χ4n) is 2.86. The number of β-amino-alcohol motifs (C(OH)–C–C–N with tert-alkyl or cyclic N) is 1. The van der Waals surface area contributed by atoms with E-state index in [0.29, 0.717) is 5.56 Å². The average Bonchev–Trinajstić information content (AvgIpc) is 2.96. The normalized spacial score (nSPS) is 21.1. The van der Waals surface area contributed by atoms with Crippen molar-refractivity contribution in [2.24, 2.45) is 0 Å². The number of likely N-dealkylation sites (tertiary alicyclic amines) is 1. The van der Waals surface area contributed by atoms with E-state index in [1.165, 1.54) is 35.5 Å². The zero-order valence-corrected chi connectivity index (χ0v) is 12.4. The van der Waals surface area contributed by atoms with E-state index in [1.54, 1.807) is 0 Å². The molecular formula is C16H14F3N3O2. The van der Waals surface area contributed by atoms with Gasteiger partial charge in [0.1, 0.15) is 0 Å². The van der Waals surface area contributed by atoms with E-state index in [9.17, 15) is 23.1 Å². The third-order valence-electron chi connectivity index (χ3n) is 3.97. The van der Waals surface area contributed by atoms with Crippen molar-refractivity contribution in [3.8, 4) is 0 Å². The molecule has 2 unspecified atom stereocenters. The Labute approximate surface area is 135 Å². The standard InChI is InChI=1S/C16H14F3N3O2/c17-16(18,19)12-3-1-2-10(6-12)14-7-13(23)9-22(14)15(24)11-4-5-20-21-8-11/h1-6,8,13-14,23H,7,9H2. The number of alkyl halides is 3. The maximum absolute atomic E-state index is 12.9. The van der Waals surface area contributed by atoms with Gasteiger partial charge in [0.25, 0.3) is 5.91 Å². The lowest BCUT2D eigenvalue weighted by Crippen LogP contribution is -2.32. The molecule has 8 heteroatoms. The van der Waals surface area contributed by atoms with Gasteiger partial charge in [-0.15, -0.1) is 0 Å². The third kappa shape index (κ3) is 3.23. The van der Waals surface area contributed by atoms with Gasteiger partial charge in [-0.3, -0.25) is 4.79 Å². The van der Waals surface area contributed by atoms with Gasteiger partial charge in [0.15, 0.2) is 0 Å². The first-order valence-corrected chi connectivity index (χ1v) is 7.29. The van der Waals surface area contributed by atoms with E-state index < -0.39 is 29.8 Å². The van der Waals surface area contributed by atoms with Crippen LogP contribution in [0.2, 0.25) is 0 Å². The van der Waals surface area contributed by atoms with Crippen molar-refractivity contribution >= 4 is 5.91 Å². The predicted molar refractivity (Wildman–Crippen MR) is 77.9 cm³/mol. The number of amides is 1. The smallest absolute Gasteiger partial charge is 0.391 e. The molecule has 0 saturated carbocycles. The highest BCUT2D eigenvalue weighted by atomic mass is 19.4. The Morgan fingerprint density at radius 2 is 2.04 bits per heavy atom. The van der Waals surface area contributed by atoms with E-state index in [1.807, 2.05) is 0 Å². The lowest BCUT2D eigenvalue weighted by Gasteiger charge is -2.25. The zero-order chi connectivity index (χ0) is 17.3. The Bertz CT molecular complexity index is 737. The summed E-state index contributed by atoms with van der Waals surface area (Å²) in [5.74, 6) is -0.399. The Hall–Kier alpha value is -2.48. The summed E-state index contributed by atoms with van der Waals surface area (Å²) < 4.78 is 38.7. The molecule has 2 heterocycles. The second kappa shape index (κ2) is 6.20. The van der Waals surface area contributed by atoms with Gasteiger partial charge in [0, 0.05) is 6.54 Å². The highest BCUT2D eigenvalue weighted by Crippen LogP contribution is 2.36. The minimum Gasteiger partial charge on any atom is -0.391 e. The first-order chi connectivity index (χ1) is 11.4. The van der Waals surface area contributed by atoms with Gasteiger partial charge in [-0.05, 0) is 30.2 Å². The van der Waals surface area contributed by atoms with Gasteiger partial charge < -0.3 is 10.0 Å². The van der Waals surface area contributed by atoms with Gasteiger partial charge in [-0.2, -0.15) is 23.4 Å². The molecule has 0 radical (unpaired) electrons. The molecule has 0 aliphatic carbocycles. The van der Waals surface area contributed by atoms with Crippen molar-refractivity contribution in [2.45, 2.75) is 24.7 Å². The summed E-state index contributed by atoms with van der Waals surface area (Å²) in [7, 11) is 0. The molecule has 0 bridgehead atoms. The van der Waals surface area contributed by atoms with E-state index in [0.717, 1.165) is 12.1 Å². The Morgan fingerprint density at radius 1 is 1.25 bits per heavy atom. The van der Waals surface area contributed by atoms with E-state index in [-0.39, 0.29) is 18.5 Å². The van der Waals surface area contributed by atoms with Crippen LogP contribution in [0.3, 0.4) is 0 Å². The number of nitrogens with zero attached hydrogens (tertiary/aromatic N) is 3. The van der Waals surface area contributed by atoms with Crippen molar-refractivity contribution in [1.29, 1.82) is 0 Å². The summed E-state index contributed by atoms with van der Waals surface area (Å²) in [6, 6.07) is 5.69. The summed E-state index contributed by atoms with van der Waals surface area (Å²) >= 11 is 0. The highest BCUT2D eigenvalue weighted by Gasteiger charge is 2.37. The lowest BCUT2D eigenvalue weighted by atomic mass is 10.0. The van der Waals surface area contributed by atoms with E-state index in [4.69, 9.17) is 0 Å². The van der Waals surface area contributed by atoms with Crippen LogP contribution in [-0.2, 0) is 6.18 Å². The second-order valence-electron chi connectivity index (χ2n) is 5.62. The predicted octanol–water partition coefficient (Wildman–Crippen LogP) is 2.44. The maximum Gasteiger partial charge on any atom is 0.416 e. The van der Waals surface area contributed by atoms with Crippen molar-refractivity contribution in [3.05, 3.63) is 59.4 Å². The molecule has 1 N–H and O–H groups in total. The zero-order valence-electron chi connectivity index (χ0n) is 12.4. The van der Waals surface area contributed by atoms with Crippen molar-refractivity contribution in [1.82, 2.24) is 15.1 Å². The molecule has 2 aromatic rings. The van der Waals surface area contributed by atoms with Gasteiger partial charge in [-0.1, -0.05) is 12.1 Å². The molecule has 1 aromatic carbocycles. The number of benzene rings is 1. The average molecular weight is 337 g/mol. The number of hydrogen-bond donors (Lipinski definition) is 1. The molecule has 24 heavy (non-hydrogen) atoms. The summed E-state index contributed by atoms with van der Waals surface area (Å²) in [5.41, 5.74) is -0.160. The summed E-state index contributed by atoms with van der Waals surface area (Å²) in [6.07, 6.45) is -2.42. The Balaban J connectivity index is 1.93. The van der Waals surface area contributed by atoms with Gasteiger partial charge in [0.05, 0.1) is 35.7 Å². The van der Waals surface area contributed by atoms with Crippen molar-refractivity contribution in [3.63, 3.8) is 0 Å². The first kappa shape index (κ1) is 16.4. The fourth-order valence-corrected chi connectivity index (χ4v) is 2.86. The van der Waals surface area contributed by atoms with Crippen LogP contribution in [0, 0.1) is 0 Å². The minimum atomic E-state index is -4.46. The van der Waals surface area contributed by atoms with Crippen LogP contribution in [0.25, 0.3) is 0 Å². The van der Waals surface area contributed by atoms with Crippen LogP contribution in [0.5, 0.6) is 0 Å². The number of rotatable bonds is 2. The quantitative estimate of drug-likeness (QED) is 0.914. The van der Waals surface area contributed by atoms with Crippen LogP contribution >= 0.6 is 0 Å². The number of aliphatic hydroxyl groups excluding tert-OH is 1. The molecule has 0 spiro atoms. The molecule has 1 fully saturated rings. The maximum atomic E-state index is 12.9. The molecule has 1 aliphatic rings. The molecule has 1 aromatic heterocycles. The molecule has 3 rings (SSSR count). The van der Waals surface area contributed by atoms with E-state index in [2.05, 4.69) is 10.2 Å². The van der Waals surface area contributed by atoms with E-state index >= 15 is 0 Å². The topological polar surface area (TPSA) is 66.3 Å². The second-order valence-corrected chi connectivity index (χ2v) is 5.62.